The SMILES string of the molecule is CC[C@H](C)N(Cc1cccc(OS(=O)(=O)CC)c1)C(=O)c1cccc(OC)c1. The average molecular weight is 406 g/mol. The number of methoxy groups -OCH3 is 1. The lowest BCUT2D eigenvalue weighted by atomic mass is 10.1. The van der Waals surface area contributed by atoms with Crippen LogP contribution in [0.3, 0.4) is 0 Å². The monoisotopic (exact) mass is 405 g/mol. The van der Waals surface area contributed by atoms with Crippen LogP contribution in [0, 0.1) is 0 Å². The van der Waals surface area contributed by atoms with E-state index >= 15 is 0 Å². The van der Waals surface area contributed by atoms with Gasteiger partial charge in [0, 0.05) is 18.2 Å². The van der Waals surface area contributed by atoms with Gasteiger partial charge in [-0.05, 0) is 56.2 Å². The Kier molecular flexibility index (Phi) is 7.45. The van der Waals surface area contributed by atoms with Gasteiger partial charge in [-0.2, -0.15) is 8.42 Å². The van der Waals surface area contributed by atoms with Crippen molar-refractivity contribution in [1.82, 2.24) is 4.90 Å². The van der Waals surface area contributed by atoms with Crippen LogP contribution in [-0.2, 0) is 16.7 Å². The molecule has 0 N–H and O–H groups in total. The van der Waals surface area contributed by atoms with Gasteiger partial charge in [0.15, 0.2) is 0 Å². The number of nitrogens with zero attached hydrogens (tertiary/aromatic N) is 1. The number of hydrogen-bond donors (Lipinski definition) is 0. The van der Waals surface area contributed by atoms with Gasteiger partial charge in [-0.1, -0.05) is 25.1 Å². The Balaban J connectivity index is 2.28. The summed E-state index contributed by atoms with van der Waals surface area (Å²) in [7, 11) is -2.04. The van der Waals surface area contributed by atoms with E-state index in [1.165, 1.54) is 6.92 Å². The van der Waals surface area contributed by atoms with Crippen molar-refractivity contribution in [3.63, 3.8) is 0 Å². The fourth-order valence-corrected chi connectivity index (χ4v) is 3.18. The van der Waals surface area contributed by atoms with Crippen LogP contribution in [0.15, 0.2) is 48.5 Å². The standard InChI is InChI=1S/C21H27NO5S/c1-5-16(3)22(21(23)18-10-8-11-19(14-18)26-4)15-17-9-7-12-20(13-17)27-28(24,25)6-2/h7-14,16H,5-6,15H2,1-4H3/t16-/m0/s1. The molecule has 7 heteroatoms. The first-order valence-corrected chi connectivity index (χ1v) is 10.8. The van der Waals surface area contributed by atoms with Crippen LogP contribution in [0.25, 0.3) is 0 Å². The van der Waals surface area contributed by atoms with E-state index in [4.69, 9.17) is 8.92 Å². The molecule has 0 radical (unpaired) electrons. The van der Waals surface area contributed by atoms with Gasteiger partial charge >= 0.3 is 10.1 Å². The Morgan fingerprint density at radius 3 is 2.39 bits per heavy atom. The van der Waals surface area contributed by atoms with Crippen LogP contribution in [-0.4, -0.2) is 38.1 Å². The molecular formula is C21H27NO5S. The van der Waals surface area contributed by atoms with Gasteiger partial charge in [0.2, 0.25) is 0 Å². The molecule has 2 aromatic carbocycles. The third-order valence-corrected chi connectivity index (χ3v) is 5.68. The Labute approximate surface area is 167 Å². The second-order valence-electron chi connectivity index (χ2n) is 6.50. The first kappa shape index (κ1) is 21.8. The highest BCUT2D eigenvalue weighted by Gasteiger charge is 2.21. The normalized spacial score (nSPS) is 12.3. The lowest BCUT2D eigenvalue weighted by Crippen LogP contribution is -2.37. The van der Waals surface area contributed by atoms with Gasteiger partial charge in [-0.3, -0.25) is 4.79 Å². The number of ether oxygens (including phenoxy) is 1. The molecule has 0 unspecified atom stereocenters. The molecule has 0 saturated carbocycles. The van der Waals surface area contributed by atoms with Gasteiger partial charge in [-0.15, -0.1) is 0 Å². The Morgan fingerprint density at radius 2 is 1.75 bits per heavy atom. The van der Waals surface area contributed by atoms with Crippen molar-refractivity contribution in [2.45, 2.75) is 39.8 Å². The zero-order valence-electron chi connectivity index (χ0n) is 16.7. The Morgan fingerprint density at radius 1 is 1.07 bits per heavy atom. The van der Waals surface area contributed by atoms with Gasteiger partial charge in [0.05, 0.1) is 12.9 Å². The number of rotatable bonds is 9. The van der Waals surface area contributed by atoms with Crippen LogP contribution in [0.4, 0.5) is 0 Å². The fourth-order valence-electron chi connectivity index (χ4n) is 2.67. The Hall–Kier alpha value is -2.54. The zero-order chi connectivity index (χ0) is 20.7. The van der Waals surface area contributed by atoms with Crippen molar-refractivity contribution in [1.29, 1.82) is 0 Å². The van der Waals surface area contributed by atoms with E-state index in [-0.39, 0.29) is 23.5 Å². The van der Waals surface area contributed by atoms with Crippen LogP contribution >= 0.6 is 0 Å². The molecule has 28 heavy (non-hydrogen) atoms. The molecule has 1 amide bonds. The highest BCUT2D eigenvalue weighted by molar-refractivity contribution is 7.87. The maximum Gasteiger partial charge on any atom is 0.308 e. The number of amides is 1. The van der Waals surface area contributed by atoms with E-state index in [9.17, 15) is 13.2 Å². The average Bonchev–Trinajstić information content (AvgIpc) is 2.71. The van der Waals surface area contributed by atoms with E-state index in [0.29, 0.717) is 17.9 Å². The van der Waals surface area contributed by atoms with E-state index in [2.05, 4.69) is 0 Å². The third kappa shape index (κ3) is 5.73. The highest BCUT2D eigenvalue weighted by Crippen LogP contribution is 2.21. The van der Waals surface area contributed by atoms with Crippen molar-refractivity contribution in [3.8, 4) is 11.5 Å². The van der Waals surface area contributed by atoms with Crippen molar-refractivity contribution >= 4 is 16.0 Å². The predicted octanol–water partition coefficient (Wildman–Crippen LogP) is 3.86. The molecular weight excluding hydrogens is 378 g/mol. The molecule has 0 aliphatic heterocycles. The molecule has 0 bridgehead atoms. The minimum Gasteiger partial charge on any atom is -0.497 e. The molecule has 0 heterocycles. The molecule has 0 aliphatic rings. The van der Waals surface area contributed by atoms with E-state index in [1.807, 2.05) is 19.9 Å². The fraction of sp³-hybridized carbons (Fsp3) is 0.381. The zero-order valence-corrected chi connectivity index (χ0v) is 17.5. The third-order valence-electron chi connectivity index (χ3n) is 4.53. The largest absolute Gasteiger partial charge is 0.497 e. The minimum absolute atomic E-state index is 0.00245. The molecule has 0 aromatic heterocycles. The van der Waals surface area contributed by atoms with Gasteiger partial charge in [0.1, 0.15) is 11.5 Å². The minimum atomic E-state index is -3.60. The molecule has 0 aliphatic carbocycles. The lowest BCUT2D eigenvalue weighted by Gasteiger charge is -2.29. The van der Waals surface area contributed by atoms with Crippen LogP contribution in [0.5, 0.6) is 11.5 Å². The molecule has 2 aromatic rings. The van der Waals surface area contributed by atoms with Gasteiger partial charge in [-0.25, -0.2) is 0 Å². The summed E-state index contributed by atoms with van der Waals surface area (Å²) >= 11 is 0. The molecule has 6 nitrogen and oxygen atoms in total. The first-order chi connectivity index (χ1) is 13.3. The summed E-state index contributed by atoms with van der Waals surface area (Å²) in [5.74, 6) is 0.651. The summed E-state index contributed by atoms with van der Waals surface area (Å²) in [6.45, 7) is 5.87. The van der Waals surface area contributed by atoms with E-state index in [1.54, 1.807) is 54.5 Å². The molecule has 0 spiro atoms. The summed E-state index contributed by atoms with van der Waals surface area (Å²) < 4.78 is 33.7. The predicted molar refractivity (Wildman–Crippen MR) is 109 cm³/mol. The smallest absolute Gasteiger partial charge is 0.308 e. The molecule has 2 rings (SSSR count). The van der Waals surface area contributed by atoms with Crippen LogP contribution in [0.2, 0.25) is 0 Å². The molecule has 0 saturated heterocycles. The number of hydrogen-bond acceptors (Lipinski definition) is 5. The van der Waals surface area contributed by atoms with E-state index < -0.39 is 10.1 Å². The molecule has 0 fully saturated rings. The van der Waals surface area contributed by atoms with Crippen molar-refractivity contribution in [3.05, 3.63) is 59.7 Å². The van der Waals surface area contributed by atoms with Crippen molar-refractivity contribution in [2.75, 3.05) is 12.9 Å². The molecule has 1 atom stereocenters. The summed E-state index contributed by atoms with van der Waals surface area (Å²) in [6.07, 6.45) is 0.788. The van der Waals surface area contributed by atoms with Crippen LogP contribution in [0.1, 0.15) is 43.1 Å². The highest BCUT2D eigenvalue weighted by atomic mass is 32.2. The maximum absolute atomic E-state index is 13.1. The summed E-state index contributed by atoms with van der Waals surface area (Å²) in [6, 6.07) is 13.9. The van der Waals surface area contributed by atoms with Gasteiger partial charge in [0.25, 0.3) is 5.91 Å². The summed E-state index contributed by atoms with van der Waals surface area (Å²) in [5, 5.41) is 0. The van der Waals surface area contributed by atoms with Crippen molar-refractivity contribution in [2.24, 2.45) is 0 Å². The second kappa shape index (κ2) is 9.59. The first-order valence-electron chi connectivity index (χ1n) is 9.25. The van der Waals surface area contributed by atoms with Crippen molar-refractivity contribution < 1.29 is 22.1 Å². The maximum atomic E-state index is 13.1. The summed E-state index contributed by atoms with van der Waals surface area (Å²) in [4.78, 5) is 14.9. The van der Waals surface area contributed by atoms with Crippen LogP contribution < -0.4 is 8.92 Å². The second-order valence-corrected chi connectivity index (χ2v) is 8.36. The topological polar surface area (TPSA) is 72.9 Å². The quantitative estimate of drug-likeness (QED) is 0.592. The lowest BCUT2D eigenvalue weighted by molar-refractivity contribution is 0.0671. The number of carbonyl (C=O) groups excluding carboxylic acids is 1. The van der Waals surface area contributed by atoms with Gasteiger partial charge < -0.3 is 13.8 Å². The molecule has 152 valence electrons. The van der Waals surface area contributed by atoms with E-state index in [0.717, 1.165) is 12.0 Å². The number of carbonyl (C=O) groups is 1. The Bertz CT molecular complexity index is 911. The number of benzene rings is 2. The summed E-state index contributed by atoms with van der Waals surface area (Å²) in [5.41, 5.74) is 1.33.